The monoisotopic (exact) mass is 256 g/mol. The predicted octanol–water partition coefficient (Wildman–Crippen LogP) is 2.25. The summed E-state index contributed by atoms with van der Waals surface area (Å²) >= 11 is 0. The van der Waals surface area contributed by atoms with Crippen LogP contribution in [-0.4, -0.2) is 28.0 Å². The van der Waals surface area contributed by atoms with Crippen molar-refractivity contribution in [2.45, 2.75) is 13.8 Å². The zero-order chi connectivity index (χ0) is 13.4. The minimum Gasteiger partial charge on any atom is -0.372 e. The summed E-state index contributed by atoms with van der Waals surface area (Å²) in [4.78, 5) is 23.4. The number of nitrogens with one attached hydrogen (secondary N) is 2. The van der Waals surface area contributed by atoms with Crippen LogP contribution in [0.2, 0.25) is 0 Å². The number of anilines is 1. The molecule has 0 saturated carbocycles. The molecule has 0 spiro atoms. The van der Waals surface area contributed by atoms with E-state index in [0.717, 1.165) is 29.5 Å². The van der Waals surface area contributed by atoms with E-state index in [9.17, 15) is 4.79 Å². The highest BCUT2D eigenvalue weighted by atomic mass is 16.1. The van der Waals surface area contributed by atoms with E-state index in [2.05, 4.69) is 45.8 Å². The third-order valence-electron chi connectivity index (χ3n) is 3.41. The second kappa shape index (κ2) is 4.42. The molecule has 1 aromatic carbocycles. The maximum absolute atomic E-state index is 11.3. The van der Waals surface area contributed by atoms with Gasteiger partial charge in [0.15, 0.2) is 5.65 Å². The SMILES string of the molecule is CCN(CC)c1ccc2nc3[nH]c(=O)[nH]c3cc2c1. The van der Waals surface area contributed by atoms with Crippen LogP contribution in [-0.2, 0) is 0 Å². The van der Waals surface area contributed by atoms with Crippen molar-refractivity contribution in [2.75, 3.05) is 18.0 Å². The molecular weight excluding hydrogens is 240 g/mol. The van der Waals surface area contributed by atoms with E-state index in [1.165, 1.54) is 5.69 Å². The smallest absolute Gasteiger partial charge is 0.325 e. The molecule has 0 bridgehead atoms. The number of nitrogens with zero attached hydrogens (tertiary/aromatic N) is 2. The fourth-order valence-electron chi connectivity index (χ4n) is 2.40. The Morgan fingerprint density at radius 2 is 1.95 bits per heavy atom. The molecular formula is C14H16N4O. The predicted molar refractivity (Wildman–Crippen MR) is 77.8 cm³/mol. The van der Waals surface area contributed by atoms with Crippen molar-refractivity contribution in [3.8, 4) is 0 Å². The van der Waals surface area contributed by atoms with Gasteiger partial charge >= 0.3 is 5.69 Å². The van der Waals surface area contributed by atoms with Crippen molar-refractivity contribution >= 4 is 27.8 Å². The van der Waals surface area contributed by atoms with Gasteiger partial charge in [0.25, 0.3) is 0 Å². The molecule has 0 amide bonds. The third-order valence-corrected chi connectivity index (χ3v) is 3.41. The normalized spacial score (nSPS) is 11.3. The van der Waals surface area contributed by atoms with E-state index >= 15 is 0 Å². The van der Waals surface area contributed by atoms with E-state index in [-0.39, 0.29) is 5.69 Å². The average Bonchev–Trinajstić information content (AvgIpc) is 2.76. The standard InChI is InChI=1S/C14H16N4O/c1-3-18(4-2)10-5-6-11-9(7-10)8-12-13(15-11)17-14(19)16-12/h5-8H,3-4H2,1-2H3,(H2,15,16,17,19). The van der Waals surface area contributed by atoms with Crippen molar-refractivity contribution < 1.29 is 0 Å². The quantitative estimate of drug-likeness (QED) is 0.755. The van der Waals surface area contributed by atoms with Crippen LogP contribution in [0.3, 0.4) is 0 Å². The number of pyridine rings is 1. The molecule has 5 nitrogen and oxygen atoms in total. The van der Waals surface area contributed by atoms with Crippen molar-refractivity contribution in [1.82, 2.24) is 15.0 Å². The molecule has 0 fully saturated rings. The number of H-pyrrole nitrogens is 2. The molecule has 0 radical (unpaired) electrons. The molecule has 0 aliphatic carbocycles. The molecule has 3 aromatic rings. The van der Waals surface area contributed by atoms with E-state index in [1.54, 1.807) is 0 Å². The van der Waals surface area contributed by atoms with Crippen LogP contribution in [0.25, 0.3) is 22.1 Å². The van der Waals surface area contributed by atoms with Gasteiger partial charge in [0.05, 0.1) is 11.0 Å². The Balaban J connectivity index is 2.21. The molecule has 0 atom stereocenters. The highest BCUT2D eigenvalue weighted by Gasteiger charge is 2.06. The molecule has 98 valence electrons. The second-order valence-corrected chi connectivity index (χ2v) is 4.51. The summed E-state index contributed by atoms with van der Waals surface area (Å²) in [6.45, 7) is 6.22. The molecule has 5 heteroatoms. The van der Waals surface area contributed by atoms with Gasteiger partial charge in [0, 0.05) is 24.2 Å². The van der Waals surface area contributed by atoms with Gasteiger partial charge in [-0.1, -0.05) is 0 Å². The van der Waals surface area contributed by atoms with Crippen molar-refractivity contribution in [3.05, 3.63) is 34.7 Å². The molecule has 2 N–H and O–H groups in total. The lowest BCUT2D eigenvalue weighted by Gasteiger charge is -2.21. The second-order valence-electron chi connectivity index (χ2n) is 4.51. The Hall–Kier alpha value is -2.30. The van der Waals surface area contributed by atoms with E-state index in [0.29, 0.717) is 5.65 Å². The fraction of sp³-hybridized carbons (Fsp3) is 0.286. The van der Waals surface area contributed by atoms with Crippen molar-refractivity contribution in [1.29, 1.82) is 0 Å². The number of hydrogen-bond donors (Lipinski definition) is 2. The molecule has 0 aliphatic rings. The first kappa shape index (κ1) is 11.8. The van der Waals surface area contributed by atoms with Crippen LogP contribution in [0.15, 0.2) is 29.1 Å². The first-order valence-electron chi connectivity index (χ1n) is 6.49. The maximum Gasteiger partial charge on any atom is 0.325 e. The highest BCUT2D eigenvalue weighted by Crippen LogP contribution is 2.22. The Bertz CT molecular complexity index is 783. The number of imidazole rings is 1. The van der Waals surface area contributed by atoms with Crippen LogP contribution in [0.5, 0.6) is 0 Å². The average molecular weight is 256 g/mol. The third kappa shape index (κ3) is 1.97. The number of rotatable bonds is 3. The molecule has 0 saturated heterocycles. The maximum atomic E-state index is 11.3. The Morgan fingerprint density at radius 1 is 1.16 bits per heavy atom. The van der Waals surface area contributed by atoms with Gasteiger partial charge < -0.3 is 9.88 Å². The molecule has 3 rings (SSSR count). The largest absolute Gasteiger partial charge is 0.372 e. The number of benzene rings is 1. The Kier molecular flexibility index (Phi) is 2.74. The van der Waals surface area contributed by atoms with Crippen molar-refractivity contribution in [2.24, 2.45) is 0 Å². The summed E-state index contributed by atoms with van der Waals surface area (Å²) < 4.78 is 0. The summed E-state index contributed by atoms with van der Waals surface area (Å²) in [5.41, 5.74) is 3.19. The first-order valence-corrected chi connectivity index (χ1v) is 6.49. The minimum absolute atomic E-state index is 0.221. The van der Waals surface area contributed by atoms with Crippen LogP contribution in [0, 0.1) is 0 Å². The lowest BCUT2D eigenvalue weighted by Crippen LogP contribution is -2.21. The molecule has 2 aromatic heterocycles. The van der Waals surface area contributed by atoms with Gasteiger partial charge in [-0.2, -0.15) is 0 Å². The minimum atomic E-state index is -0.221. The number of aromatic nitrogens is 3. The van der Waals surface area contributed by atoms with Gasteiger partial charge in [-0.25, -0.2) is 9.78 Å². The van der Waals surface area contributed by atoms with Crippen LogP contribution in [0.1, 0.15) is 13.8 Å². The Morgan fingerprint density at radius 3 is 2.68 bits per heavy atom. The lowest BCUT2D eigenvalue weighted by atomic mass is 10.1. The first-order chi connectivity index (χ1) is 9.21. The zero-order valence-electron chi connectivity index (χ0n) is 11.0. The van der Waals surface area contributed by atoms with E-state index in [1.807, 2.05) is 12.1 Å². The van der Waals surface area contributed by atoms with Gasteiger partial charge in [-0.3, -0.25) is 4.98 Å². The van der Waals surface area contributed by atoms with Gasteiger partial charge in [0.1, 0.15) is 0 Å². The molecule has 2 heterocycles. The lowest BCUT2D eigenvalue weighted by molar-refractivity contribution is 0.867. The topological polar surface area (TPSA) is 64.8 Å². The van der Waals surface area contributed by atoms with E-state index in [4.69, 9.17) is 0 Å². The molecule has 0 aliphatic heterocycles. The van der Waals surface area contributed by atoms with Crippen molar-refractivity contribution in [3.63, 3.8) is 0 Å². The summed E-state index contributed by atoms with van der Waals surface area (Å²) in [5.74, 6) is 0. The van der Waals surface area contributed by atoms with Gasteiger partial charge in [-0.05, 0) is 38.1 Å². The summed E-state index contributed by atoms with van der Waals surface area (Å²) in [7, 11) is 0. The number of aromatic amines is 2. The molecule has 19 heavy (non-hydrogen) atoms. The number of hydrogen-bond acceptors (Lipinski definition) is 3. The molecule has 0 unspecified atom stereocenters. The van der Waals surface area contributed by atoms with Gasteiger partial charge in [0.2, 0.25) is 0 Å². The van der Waals surface area contributed by atoms with Crippen LogP contribution < -0.4 is 10.6 Å². The van der Waals surface area contributed by atoms with Crippen LogP contribution >= 0.6 is 0 Å². The summed E-state index contributed by atoms with van der Waals surface area (Å²) in [5, 5.41) is 1.03. The van der Waals surface area contributed by atoms with Crippen LogP contribution in [0.4, 0.5) is 5.69 Å². The summed E-state index contributed by atoms with van der Waals surface area (Å²) in [6.07, 6.45) is 0. The highest BCUT2D eigenvalue weighted by molar-refractivity contribution is 5.91. The number of fused-ring (bicyclic) bond motifs is 2. The fourth-order valence-corrected chi connectivity index (χ4v) is 2.40. The van der Waals surface area contributed by atoms with E-state index < -0.39 is 0 Å². The van der Waals surface area contributed by atoms with Gasteiger partial charge in [-0.15, -0.1) is 0 Å². The Labute approximate surface area is 110 Å². The zero-order valence-corrected chi connectivity index (χ0v) is 11.0. The summed E-state index contributed by atoms with van der Waals surface area (Å²) in [6, 6.07) is 8.13.